The van der Waals surface area contributed by atoms with E-state index in [2.05, 4.69) is 0 Å². The van der Waals surface area contributed by atoms with E-state index in [0.717, 1.165) is 23.3 Å². The summed E-state index contributed by atoms with van der Waals surface area (Å²) in [7, 11) is 0. The Morgan fingerprint density at radius 1 is 0.788 bits per heavy atom. The lowest BCUT2D eigenvalue weighted by Crippen LogP contribution is -2.56. The van der Waals surface area contributed by atoms with Crippen molar-refractivity contribution in [1.82, 2.24) is 0 Å². The third-order valence-corrected chi connectivity index (χ3v) is 6.28. The van der Waals surface area contributed by atoms with Crippen molar-refractivity contribution in [1.29, 1.82) is 0 Å². The molecule has 1 aliphatic heterocycles. The van der Waals surface area contributed by atoms with E-state index in [9.17, 15) is 23.1 Å². The number of carbonyl (C=O) groups is 1. The molecule has 1 fully saturated rings. The van der Waals surface area contributed by atoms with Crippen LogP contribution >= 0.6 is 0 Å². The van der Waals surface area contributed by atoms with E-state index in [0.29, 0.717) is 11.3 Å². The topological polar surface area (TPSA) is 43.8 Å². The van der Waals surface area contributed by atoms with Crippen molar-refractivity contribution in [2.45, 2.75) is 45.1 Å². The van der Waals surface area contributed by atoms with Gasteiger partial charge in [0.1, 0.15) is 0 Å². The second kappa shape index (κ2) is 7.63. The third-order valence-electron chi connectivity index (χ3n) is 6.28. The summed E-state index contributed by atoms with van der Waals surface area (Å²) < 4.78 is 39.3. The number of anilines is 2. The number of aliphatic hydroxyl groups is 1. The SMILES string of the molecule is Cc1ccc(N2C(=O)N(c3ccc(C(F)(F)F)cc3)C(C)(C)C2(O)c2cccc(C)c2)cc1. The molecule has 0 aliphatic carbocycles. The van der Waals surface area contributed by atoms with E-state index in [1.807, 2.05) is 38.1 Å². The Labute approximate surface area is 190 Å². The third kappa shape index (κ3) is 3.56. The molecule has 4 rings (SSSR count). The summed E-state index contributed by atoms with van der Waals surface area (Å²) in [5.41, 5.74) is -0.688. The van der Waals surface area contributed by atoms with Crippen molar-refractivity contribution in [3.63, 3.8) is 0 Å². The fourth-order valence-corrected chi connectivity index (χ4v) is 4.48. The van der Waals surface area contributed by atoms with Gasteiger partial charge in [-0.3, -0.25) is 9.80 Å². The maximum Gasteiger partial charge on any atom is 0.416 e. The van der Waals surface area contributed by atoms with Crippen LogP contribution in [0.25, 0.3) is 0 Å². The van der Waals surface area contributed by atoms with Gasteiger partial charge in [0.05, 0.1) is 11.1 Å². The lowest BCUT2D eigenvalue weighted by molar-refractivity contribution is -0.137. The van der Waals surface area contributed by atoms with Crippen LogP contribution < -0.4 is 9.80 Å². The number of hydrogen-bond acceptors (Lipinski definition) is 2. The Bertz CT molecular complexity index is 1190. The van der Waals surface area contributed by atoms with Gasteiger partial charge in [-0.25, -0.2) is 4.79 Å². The zero-order chi connectivity index (χ0) is 24.2. The molecule has 1 N–H and O–H groups in total. The fraction of sp³-hybridized carbons (Fsp3) is 0.269. The van der Waals surface area contributed by atoms with E-state index < -0.39 is 29.0 Å². The number of alkyl halides is 3. The van der Waals surface area contributed by atoms with Gasteiger partial charge >= 0.3 is 12.2 Å². The number of benzene rings is 3. The smallest absolute Gasteiger partial charge is 0.365 e. The van der Waals surface area contributed by atoms with Crippen molar-refractivity contribution in [2.24, 2.45) is 0 Å². The zero-order valence-electron chi connectivity index (χ0n) is 18.8. The number of carbonyl (C=O) groups excluding carboxylic acids is 1. The molecular formula is C26H25F3N2O2. The van der Waals surface area contributed by atoms with Crippen molar-refractivity contribution in [2.75, 3.05) is 9.80 Å². The van der Waals surface area contributed by atoms with Crippen molar-refractivity contribution in [3.05, 3.63) is 95.1 Å². The Kier molecular flexibility index (Phi) is 5.28. The number of aryl methyl sites for hydroxylation is 2. The van der Waals surface area contributed by atoms with Gasteiger partial charge in [-0.15, -0.1) is 0 Å². The molecule has 33 heavy (non-hydrogen) atoms. The molecule has 172 valence electrons. The molecule has 7 heteroatoms. The van der Waals surface area contributed by atoms with Crippen LogP contribution in [0.3, 0.4) is 0 Å². The van der Waals surface area contributed by atoms with Gasteiger partial charge in [0, 0.05) is 16.9 Å². The predicted octanol–water partition coefficient (Wildman–Crippen LogP) is 6.39. The number of nitrogens with zero attached hydrogens (tertiary/aromatic N) is 2. The Hall–Kier alpha value is -3.32. The molecule has 2 amide bonds. The largest absolute Gasteiger partial charge is 0.416 e. The monoisotopic (exact) mass is 454 g/mol. The standard InChI is InChI=1S/C26H25F3N2O2/c1-17-8-12-22(13-9-17)31-23(32)30(21-14-10-19(11-15-21)26(27,28)29)24(3,4)25(31,33)20-7-5-6-18(2)16-20/h5-16,33H,1-4H3. The van der Waals surface area contributed by atoms with Gasteiger partial charge in [0.25, 0.3) is 0 Å². The van der Waals surface area contributed by atoms with Crippen LogP contribution in [0.2, 0.25) is 0 Å². The minimum Gasteiger partial charge on any atom is -0.365 e. The average molecular weight is 454 g/mol. The molecular weight excluding hydrogens is 429 g/mol. The first kappa shape index (κ1) is 22.9. The number of hydrogen-bond donors (Lipinski definition) is 1. The van der Waals surface area contributed by atoms with Crippen molar-refractivity contribution in [3.8, 4) is 0 Å². The summed E-state index contributed by atoms with van der Waals surface area (Å²) in [5, 5.41) is 12.3. The van der Waals surface area contributed by atoms with Crippen LogP contribution in [0, 0.1) is 13.8 Å². The first-order chi connectivity index (χ1) is 15.4. The highest BCUT2D eigenvalue weighted by Gasteiger charge is 2.64. The lowest BCUT2D eigenvalue weighted by atomic mass is 9.83. The Morgan fingerprint density at radius 2 is 1.33 bits per heavy atom. The number of amides is 2. The Balaban J connectivity index is 1.92. The summed E-state index contributed by atoms with van der Waals surface area (Å²) in [6, 6.07) is 18.3. The van der Waals surface area contributed by atoms with Crippen LogP contribution in [-0.4, -0.2) is 16.7 Å². The molecule has 0 radical (unpaired) electrons. The molecule has 0 spiro atoms. The van der Waals surface area contributed by atoms with Gasteiger partial charge in [-0.2, -0.15) is 13.2 Å². The van der Waals surface area contributed by atoms with Crippen LogP contribution in [0.1, 0.15) is 36.1 Å². The number of urea groups is 1. The molecule has 0 bridgehead atoms. The van der Waals surface area contributed by atoms with Gasteiger partial charge in [0.2, 0.25) is 0 Å². The molecule has 3 aromatic carbocycles. The molecule has 1 saturated heterocycles. The van der Waals surface area contributed by atoms with Gasteiger partial charge in [-0.05, 0) is 64.1 Å². The highest BCUT2D eigenvalue weighted by atomic mass is 19.4. The summed E-state index contributed by atoms with van der Waals surface area (Å²) in [4.78, 5) is 16.5. The van der Waals surface area contributed by atoms with Crippen LogP contribution in [0.15, 0.2) is 72.8 Å². The summed E-state index contributed by atoms with van der Waals surface area (Å²) in [6.45, 7) is 7.22. The fourth-order valence-electron chi connectivity index (χ4n) is 4.48. The summed E-state index contributed by atoms with van der Waals surface area (Å²) >= 11 is 0. The number of rotatable bonds is 3. The van der Waals surface area contributed by atoms with Gasteiger partial charge in [0.15, 0.2) is 5.72 Å². The highest BCUT2D eigenvalue weighted by Crippen LogP contribution is 2.50. The summed E-state index contributed by atoms with van der Waals surface area (Å²) in [5.74, 6) is 0. The normalized spacial score (nSPS) is 20.4. The molecule has 1 heterocycles. The lowest BCUT2D eigenvalue weighted by Gasteiger charge is -2.43. The minimum absolute atomic E-state index is 0.263. The van der Waals surface area contributed by atoms with E-state index in [-0.39, 0.29) is 5.69 Å². The quantitative estimate of drug-likeness (QED) is 0.498. The maximum atomic E-state index is 13.8. The van der Waals surface area contributed by atoms with Crippen molar-refractivity contribution >= 4 is 17.4 Å². The first-order valence-corrected chi connectivity index (χ1v) is 10.6. The van der Waals surface area contributed by atoms with Gasteiger partial charge < -0.3 is 5.11 Å². The molecule has 3 aromatic rings. The van der Waals surface area contributed by atoms with E-state index in [1.54, 1.807) is 38.1 Å². The van der Waals surface area contributed by atoms with Crippen molar-refractivity contribution < 1.29 is 23.1 Å². The molecule has 0 saturated carbocycles. The van der Waals surface area contributed by atoms with Crippen LogP contribution in [0.5, 0.6) is 0 Å². The first-order valence-electron chi connectivity index (χ1n) is 10.6. The van der Waals surface area contributed by atoms with Crippen LogP contribution in [-0.2, 0) is 11.9 Å². The van der Waals surface area contributed by atoms with Gasteiger partial charge in [-0.1, -0.05) is 47.5 Å². The molecule has 4 nitrogen and oxygen atoms in total. The van der Waals surface area contributed by atoms with E-state index >= 15 is 0 Å². The summed E-state index contributed by atoms with van der Waals surface area (Å²) in [6.07, 6.45) is -4.49. The Morgan fingerprint density at radius 3 is 1.88 bits per heavy atom. The van der Waals surface area contributed by atoms with E-state index in [1.165, 1.54) is 21.9 Å². The highest BCUT2D eigenvalue weighted by molar-refractivity contribution is 6.09. The second-order valence-corrected chi connectivity index (χ2v) is 8.93. The second-order valence-electron chi connectivity index (χ2n) is 8.93. The molecule has 1 atom stereocenters. The molecule has 1 unspecified atom stereocenters. The number of halogens is 3. The molecule has 0 aromatic heterocycles. The predicted molar refractivity (Wildman–Crippen MR) is 122 cm³/mol. The zero-order valence-corrected chi connectivity index (χ0v) is 18.8. The van der Waals surface area contributed by atoms with Crippen LogP contribution in [0.4, 0.5) is 29.3 Å². The minimum atomic E-state index is -4.49. The maximum absolute atomic E-state index is 13.8. The average Bonchev–Trinajstić information content (AvgIpc) is 2.90. The van der Waals surface area contributed by atoms with E-state index in [4.69, 9.17) is 0 Å². The molecule has 1 aliphatic rings.